The van der Waals surface area contributed by atoms with Crippen LogP contribution in [0.25, 0.3) is 0 Å². The summed E-state index contributed by atoms with van der Waals surface area (Å²) in [6.07, 6.45) is 1.16. The first-order chi connectivity index (χ1) is 9.04. The van der Waals surface area contributed by atoms with Crippen LogP contribution in [0, 0.1) is 12.7 Å². The molecule has 0 unspecified atom stereocenters. The van der Waals surface area contributed by atoms with E-state index in [1.165, 1.54) is 6.07 Å². The van der Waals surface area contributed by atoms with E-state index in [-0.39, 0.29) is 24.4 Å². The smallest absolute Gasteiger partial charge is 0.238 e. The van der Waals surface area contributed by atoms with E-state index in [0.29, 0.717) is 24.1 Å². The predicted molar refractivity (Wildman–Crippen MR) is 71.4 cm³/mol. The van der Waals surface area contributed by atoms with Crippen LogP contribution in [-0.2, 0) is 4.79 Å². The Balaban J connectivity index is 1.85. The topological polar surface area (TPSA) is 52.6 Å². The van der Waals surface area contributed by atoms with Crippen LogP contribution < -0.4 is 5.32 Å². The van der Waals surface area contributed by atoms with Gasteiger partial charge in [-0.25, -0.2) is 4.39 Å². The van der Waals surface area contributed by atoms with Crippen molar-refractivity contribution in [2.45, 2.75) is 25.9 Å². The van der Waals surface area contributed by atoms with Crippen molar-refractivity contribution in [3.63, 3.8) is 0 Å². The Morgan fingerprint density at radius 1 is 1.47 bits per heavy atom. The summed E-state index contributed by atoms with van der Waals surface area (Å²) in [5.41, 5.74) is 1.04. The number of nitrogens with one attached hydrogen (secondary N) is 1. The Morgan fingerprint density at radius 2 is 2.16 bits per heavy atom. The minimum Gasteiger partial charge on any atom is -0.393 e. The van der Waals surface area contributed by atoms with Gasteiger partial charge in [0.15, 0.2) is 0 Å². The third-order valence-electron chi connectivity index (χ3n) is 3.38. The Kier molecular flexibility index (Phi) is 4.50. The van der Waals surface area contributed by atoms with Crippen LogP contribution in [-0.4, -0.2) is 41.7 Å². The van der Waals surface area contributed by atoms with Crippen LogP contribution in [0.2, 0.25) is 0 Å². The van der Waals surface area contributed by atoms with E-state index in [9.17, 15) is 14.3 Å². The summed E-state index contributed by atoms with van der Waals surface area (Å²) < 4.78 is 13.3. The van der Waals surface area contributed by atoms with E-state index in [2.05, 4.69) is 5.32 Å². The summed E-state index contributed by atoms with van der Waals surface area (Å²) in [4.78, 5) is 13.8. The van der Waals surface area contributed by atoms with Crippen LogP contribution in [0.1, 0.15) is 18.4 Å². The van der Waals surface area contributed by atoms with Crippen molar-refractivity contribution in [3.05, 3.63) is 29.6 Å². The Bertz CT molecular complexity index is 457. The van der Waals surface area contributed by atoms with E-state index in [1.54, 1.807) is 19.1 Å². The number of hydrogen-bond donors (Lipinski definition) is 2. The molecule has 0 aromatic heterocycles. The third kappa shape index (κ3) is 4.01. The highest BCUT2D eigenvalue weighted by Crippen LogP contribution is 2.14. The number of benzene rings is 1. The number of carbonyl (C=O) groups is 1. The molecule has 1 saturated heterocycles. The summed E-state index contributed by atoms with van der Waals surface area (Å²) in [6.45, 7) is 3.40. The van der Waals surface area contributed by atoms with Gasteiger partial charge in [-0.15, -0.1) is 0 Å². The number of halogens is 1. The molecule has 1 aliphatic heterocycles. The first-order valence-electron chi connectivity index (χ1n) is 6.51. The molecule has 19 heavy (non-hydrogen) atoms. The summed E-state index contributed by atoms with van der Waals surface area (Å²) in [7, 11) is 0. The van der Waals surface area contributed by atoms with Gasteiger partial charge in [0.1, 0.15) is 5.82 Å². The number of likely N-dealkylation sites (tertiary alicyclic amines) is 1. The second-order valence-electron chi connectivity index (χ2n) is 5.02. The van der Waals surface area contributed by atoms with Crippen molar-refractivity contribution in [2.24, 2.45) is 0 Å². The van der Waals surface area contributed by atoms with Crippen LogP contribution in [0.4, 0.5) is 10.1 Å². The second kappa shape index (κ2) is 6.12. The molecule has 0 saturated carbocycles. The normalized spacial score (nSPS) is 17.4. The van der Waals surface area contributed by atoms with Crippen molar-refractivity contribution in [2.75, 3.05) is 25.0 Å². The predicted octanol–water partition coefficient (Wildman–Crippen LogP) is 1.53. The monoisotopic (exact) mass is 266 g/mol. The molecular weight excluding hydrogens is 247 g/mol. The van der Waals surface area contributed by atoms with Crippen LogP contribution in [0.5, 0.6) is 0 Å². The van der Waals surface area contributed by atoms with Gasteiger partial charge in [0, 0.05) is 18.8 Å². The first kappa shape index (κ1) is 14.0. The molecule has 104 valence electrons. The minimum atomic E-state index is -0.320. The summed E-state index contributed by atoms with van der Waals surface area (Å²) in [5, 5.41) is 12.1. The molecule has 1 amide bonds. The highest BCUT2D eigenvalue weighted by Gasteiger charge is 2.18. The third-order valence-corrected chi connectivity index (χ3v) is 3.38. The molecule has 0 aliphatic carbocycles. The number of hydrogen-bond acceptors (Lipinski definition) is 3. The zero-order valence-electron chi connectivity index (χ0n) is 11.0. The molecule has 1 aliphatic rings. The van der Waals surface area contributed by atoms with E-state index in [1.807, 2.05) is 4.90 Å². The molecule has 1 aromatic rings. The van der Waals surface area contributed by atoms with Crippen LogP contribution in [0.3, 0.4) is 0 Å². The van der Waals surface area contributed by atoms with Crippen molar-refractivity contribution < 1.29 is 14.3 Å². The molecule has 2 rings (SSSR count). The number of anilines is 1. The lowest BCUT2D eigenvalue weighted by molar-refractivity contribution is -0.117. The van der Waals surface area contributed by atoms with Gasteiger partial charge in [-0.2, -0.15) is 0 Å². The van der Waals surface area contributed by atoms with Crippen LogP contribution in [0.15, 0.2) is 18.2 Å². The number of rotatable bonds is 3. The van der Waals surface area contributed by atoms with Crippen molar-refractivity contribution in [3.8, 4) is 0 Å². The Morgan fingerprint density at radius 3 is 2.79 bits per heavy atom. The van der Waals surface area contributed by atoms with E-state index in [4.69, 9.17) is 0 Å². The summed E-state index contributed by atoms with van der Waals surface area (Å²) >= 11 is 0. The zero-order chi connectivity index (χ0) is 13.8. The van der Waals surface area contributed by atoms with Gasteiger partial charge in [0.25, 0.3) is 0 Å². The van der Waals surface area contributed by atoms with E-state index < -0.39 is 0 Å². The van der Waals surface area contributed by atoms with E-state index >= 15 is 0 Å². The lowest BCUT2D eigenvalue weighted by Crippen LogP contribution is -2.40. The van der Waals surface area contributed by atoms with Crippen molar-refractivity contribution in [1.82, 2.24) is 4.90 Å². The second-order valence-corrected chi connectivity index (χ2v) is 5.02. The minimum absolute atomic E-state index is 0.153. The van der Waals surface area contributed by atoms with Gasteiger partial charge in [-0.3, -0.25) is 9.69 Å². The van der Waals surface area contributed by atoms with Gasteiger partial charge in [0.2, 0.25) is 5.91 Å². The molecule has 4 nitrogen and oxygen atoms in total. The molecule has 0 bridgehead atoms. The van der Waals surface area contributed by atoms with E-state index in [0.717, 1.165) is 13.1 Å². The highest BCUT2D eigenvalue weighted by molar-refractivity contribution is 5.92. The number of aliphatic hydroxyl groups excluding tert-OH is 1. The molecule has 1 heterocycles. The number of amides is 1. The number of piperidine rings is 1. The van der Waals surface area contributed by atoms with Crippen molar-refractivity contribution in [1.29, 1.82) is 0 Å². The fourth-order valence-electron chi connectivity index (χ4n) is 2.15. The number of carbonyl (C=O) groups excluding carboxylic acids is 1. The maximum atomic E-state index is 13.3. The fourth-order valence-corrected chi connectivity index (χ4v) is 2.15. The zero-order valence-corrected chi connectivity index (χ0v) is 11.0. The van der Waals surface area contributed by atoms with Gasteiger partial charge < -0.3 is 10.4 Å². The quantitative estimate of drug-likeness (QED) is 0.872. The molecule has 2 N–H and O–H groups in total. The van der Waals surface area contributed by atoms with Gasteiger partial charge in [-0.1, -0.05) is 6.07 Å². The number of aryl methyl sites for hydroxylation is 1. The SMILES string of the molecule is Cc1ccc(NC(=O)CN2CCC(O)CC2)cc1F. The maximum absolute atomic E-state index is 13.3. The van der Waals surface area contributed by atoms with Gasteiger partial charge in [0.05, 0.1) is 12.6 Å². The highest BCUT2D eigenvalue weighted by atomic mass is 19.1. The molecule has 0 atom stereocenters. The standard InChI is InChI=1S/C14H19FN2O2/c1-10-2-3-11(8-13(10)15)16-14(19)9-17-6-4-12(18)5-7-17/h2-3,8,12,18H,4-7,9H2,1H3,(H,16,19). The molecular formula is C14H19FN2O2. The van der Waals surface area contributed by atoms with Gasteiger partial charge >= 0.3 is 0 Å². The molecule has 1 fully saturated rings. The Hall–Kier alpha value is -1.46. The average molecular weight is 266 g/mol. The largest absolute Gasteiger partial charge is 0.393 e. The number of nitrogens with zero attached hydrogens (tertiary/aromatic N) is 1. The fraction of sp³-hybridized carbons (Fsp3) is 0.500. The summed E-state index contributed by atoms with van der Waals surface area (Å²) in [5.74, 6) is -0.474. The lowest BCUT2D eigenvalue weighted by atomic mass is 10.1. The summed E-state index contributed by atoms with van der Waals surface area (Å²) in [6, 6.07) is 4.66. The first-order valence-corrected chi connectivity index (χ1v) is 6.51. The molecule has 0 radical (unpaired) electrons. The van der Waals surface area contributed by atoms with Crippen molar-refractivity contribution >= 4 is 11.6 Å². The Labute approximate surface area is 112 Å². The van der Waals surface area contributed by atoms with Crippen LogP contribution >= 0.6 is 0 Å². The molecule has 0 spiro atoms. The number of aliphatic hydroxyl groups is 1. The maximum Gasteiger partial charge on any atom is 0.238 e. The average Bonchev–Trinajstić information content (AvgIpc) is 2.37. The molecule has 5 heteroatoms. The lowest BCUT2D eigenvalue weighted by Gasteiger charge is -2.28. The molecule has 1 aromatic carbocycles. The van der Waals surface area contributed by atoms with Gasteiger partial charge in [-0.05, 0) is 37.5 Å².